The maximum absolute atomic E-state index is 12.6. The molecule has 6 nitrogen and oxygen atoms in total. The second-order valence-electron chi connectivity index (χ2n) is 7.42. The summed E-state index contributed by atoms with van der Waals surface area (Å²) in [5.41, 5.74) is 3.34. The van der Waals surface area contributed by atoms with Gasteiger partial charge in [-0.05, 0) is 59.8 Å². The lowest BCUT2D eigenvalue weighted by Crippen LogP contribution is -2.29. The molecule has 0 spiro atoms. The van der Waals surface area contributed by atoms with Crippen molar-refractivity contribution >= 4 is 40.4 Å². The number of hydrogen-bond acceptors (Lipinski definition) is 6. The number of thiophene rings is 1. The van der Waals surface area contributed by atoms with Gasteiger partial charge in [-0.25, -0.2) is 4.98 Å². The summed E-state index contributed by atoms with van der Waals surface area (Å²) in [6, 6.07) is 13.8. The minimum Gasteiger partial charge on any atom is -0.455 e. The summed E-state index contributed by atoms with van der Waals surface area (Å²) in [5, 5.41) is 6.00. The molecule has 0 saturated carbocycles. The summed E-state index contributed by atoms with van der Waals surface area (Å²) >= 11 is 3.42. The van der Waals surface area contributed by atoms with E-state index in [1.807, 2.05) is 47.3 Å². The van der Waals surface area contributed by atoms with Crippen LogP contribution in [-0.4, -0.2) is 22.0 Å². The van der Waals surface area contributed by atoms with E-state index in [9.17, 15) is 4.79 Å². The van der Waals surface area contributed by atoms with Crippen molar-refractivity contribution < 1.29 is 9.21 Å². The fourth-order valence-corrected chi connectivity index (χ4v) is 5.34. The van der Waals surface area contributed by atoms with Crippen molar-refractivity contribution in [3.8, 4) is 0 Å². The standard InChI is InChI=1S/C23H22N4O2S2/c1-26-12-10-24-23(26)31-15-19-6-7-20(29-19)22(28)25-17-2-4-18(5-3-17)27-11-8-21-16(14-27)9-13-30-21/h2-7,9-10,12-13H,8,11,14-15H2,1H3,(H,25,28). The van der Waals surface area contributed by atoms with Crippen LogP contribution in [0.15, 0.2) is 69.8 Å². The van der Waals surface area contributed by atoms with Gasteiger partial charge < -0.3 is 19.2 Å². The monoisotopic (exact) mass is 450 g/mol. The Balaban J connectivity index is 1.18. The molecule has 0 saturated heterocycles. The van der Waals surface area contributed by atoms with Gasteiger partial charge in [0.05, 0.1) is 5.75 Å². The minimum atomic E-state index is -0.248. The Kier molecular flexibility index (Phi) is 5.57. The number of rotatable bonds is 6. The van der Waals surface area contributed by atoms with E-state index in [4.69, 9.17) is 4.42 Å². The van der Waals surface area contributed by atoms with Crippen LogP contribution in [-0.2, 0) is 25.8 Å². The third kappa shape index (κ3) is 4.40. The van der Waals surface area contributed by atoms with Gasteiger partial charge in [-0.1, -0.05) is 11.8 Å². The van der Waals surface area contributed by atoms with E-state index in [1.165, 1.54) is 16.1 Å². The van der Waals surface area contributed by atoms with Crippen LogP contribution in [0.5, 0.6) is 0 Å². The number of anilines is 2. The summed E-state index contributed by atoms with van der Waals surface area (Å²) in [6.45, 7) is 1.96. The summed E-state index contributed by atoms with van der Waals surface area (Å²) in [5.74, 6) is 1.42. The highest BCUT2D eigenvalue weighted by atomic mass is 32.2. The predicted octanol–water partition coefficient (Wildman–Crippen LogP) is 5.18. The number of nitrogens with zero attached hydrogens (tertiary/aromatic N) is 3. The van der Waals surface area contributed by atoms with E-state index < -0.39 is 0 Å². The van der Waals surface area contributed by atoms with Crippen LogP contribution in [0.4, 0.5) is 11.4 Å². The molecular formula is C23H22N4O2S2. The fraction of sp³-hybridized carbons (Fsp3) is 0.217. The van der Waals surface area contributed by atoms with Gasteiger partial charge in [0.15, 0.2) is 10.9 Å². The lowest BCUT2D eigenvalue weighted by atomic mass is 10.1. The van der Waals surface area contributed by atoms with Crippen LogP contribution in [0.2, 0.25) is 0 Å². The van der Waals surface area contributed by atoms with Crippen molar-refractivity contribution in [1.29, 1.82) is 0 Å². The Morgan fingerprint density at radius 1 is 1.23 bits per heavy atom. The molecule has 8 heteroatoms. The Morgan fingerprint density at radius 2 is 2.10 bits per heavy atom. The number of amides is 1. The molecule has 0 aliphatic carbocycles. The molecule has 4 aromatic rings. The van der Waals surface area contributed by atoms with Gasteiger partial charge in [0.1, 0.15) is 5.76 Å². The highest BCUT2D eigenvalue weighted by Gasteiger charge is 2.18. The summed E-state index contributed by atoms with van der Waals surface area (Å²) in [4.78, 5) is 20.7. The molecule has 0 bridgehead atoms. The zero-order valence-electron chi connectivity index (χ0n) is 17.1. The topological polar surface area (TPSA) is 63.3 Å². The second kappa shape index (κ2) is 8.64. The molecule has 0 atom stereocenters. The number of fused-ring (bicyclic) bond motifs is 1. The molecule has 0 radical (unpaired) electrons. The normalized spacial score (nSPS) is 13.3. The van der Waals surface area contributed by atoms with Crippen molar-refractivity contribution in [1.82, 2.24) is 9.55 Å². The average Bonchev–Trinajstić information content (AvgIpc) is 3.53. The van der Waals surface area contributed by atoms with Crippen molar-refractivity contribution in [2.75, 3.05) is 16.8 Å². The maximum atomic E-state index is 12.6. The lowest BCUT2D eigenvalue weighted by Gasteiger charge is -2.29. The molecule has 1 amide bonds. The van der Waals surface area contributed by atoms with Gasteiger partial charge in [-0.15, -0.1) is 11.3 Å². The van der Waals surface area contributed by atoms with Gasteiger partial charge in [0, 0.05) is 48.8 Å². The van der Waals surface area contributed by atoms with E-state index >= 15 is 0 Å². The number of thioether (sulfide) groups is 1. The Hall–Kier alpha value is -2.97. The first-order valence-corrected chi connectivity index (χ1v) is 11.9. The molecule has 0 unspecified atom stereocenters. The number of carbonyl (C=O) groups is 1. The average molecular weight is 451 g/mol. The molecule has 3 aromatic heterocycles. The van der Waals surface area contributed by atoms with Crippen LogP contribution in [0.3, 0.4) is 0 Å². The van der Waals surface area contributed by atoms with Crippen LogP contribution in [0.1, 0.15) is 26.8 Å². The summed E-state index contributed by atoms with van der Waals surface area (Å²) < 4.78 is 7.68. The molecule has 0 fully saturated rings. The smallest absolute Gasteiger partial charge is 0.291 e. The van der Waals surface area contributed by atoms with E-state index in [0.717, 1.165) is 36.1 Å². The highest BCUT2D eigenvalue weighted by molar-refractivity contribution is 7.98. The number of hydrogen-bond donors (Lipinski definition) is 1. The van der Waals surface area contributed by atoms with Gasteiger partial charge in [0.25, 0.3) is 5.91 Å². The number of furan rings is 1. The number of aryl methyl sites for hydroxylation is 1. The van der Waals surface area contributed by atoms with Crippen molar-refractivity contribution in [2.24, 2.45) is 7.05 Å². The molecular weight excluding hydrogens is 428 g/mol. The summed E-state index contributed by atoms with van der Waals surface area (Å²) in [6.07, 6.45) is 4.75. The number of carbonyl (C=O) groups excluding carboxylic acids is 1. The Labute approximate surface area is 188 Å². The first-order chi connectivity index (χ1) is 15.2. The number of imidazole rings is 1. The quantitative estimate of drug-likeness (QED) is 0.410. The fourth-order valence-electron chi connectivity index (χ4n) is 3.62. The Morgan fingerprint density at radius 3 is 2.90 bits per heavy atom. The predicted molar refractivity (Wildman–Crippen MR) is 125 cm³/mol. The van der Waals surface area contributed by atoms with Crippen LogP contribution in [0, 0.1) is 0 Å². The van der Waals surface area contributed by atoms with Crippen molar-refractivity contribution in [3.05, 3.63) is 82.2 Å². The molecule has 5 rings (SSSR count). The van der Waals surface area contributed by atoms with Gasteiger partial charge in [0.2, 0.25) is 0 Å². The third-order valence-corrected chi connectivity index (χ3v) is 7.41. The van der Waals surface area contributed by atoms with Gasteiger partial charge >= 0.3 is 0 Å². The lowest BCUT2D eigenvalue weighted by molar-refractivity contribution is 0.0995. The van der Waals surface area contributed by atoms with E-state index in [0.29, 0.717) is 11.5 Å². The number of aromatic nitrogens is 2. The molecule has 31 heavy (non-hydrogen) atoms. The molecule has 1 aliphatic rings. The van der Waals surface area contributed by atoms with Crippen molar-refractivity contribution in [3.63, 3.8) is 0 Å². The SMILES string of the molecule is Cn1ccnc1SCc1ccc(C(=O)Nc2ccc(N3CCc4sccc4C3)cc2)o1. The first kappa shape index (κ1) is 20.0. The Bertz CT molecular complexity index is 1190. The minimum absolute atomic E-state index is 0.248. The van der Waals surface area contributed by atoms with E-state index in [2.05, 4.69) is 38.8 Å². The largest absolute Gasteiger partial charge is 0.455 e. The number of benzene rings is 1. The van der Waals surface area contributed by atoms with Crippen LogP contribution in [0.25, 0.3) is 0 Å². The summed E-state index contributed by atoms with van der Waals surface area (Å²) in [7, 11) is 1.95. The van der Waals surface area contributed by atoms with Gasteiger partial charge in [-0.3, -0.25) is 4.79 Å². The van der Waals surface area contributed by atoms with Crippen LogP contribution < -0.4 is 10.2 Å². The molecule has 1 aliphatic heterocycles. The third-order valence-electron chi connectivity index (χ3n) is 5.30. The maximum Gasteiger partial charge on any atom is 0.291 e. The van der Waals surface area contributed by atoms with Crippen LogP contribution >= 0.6 is 23.1 Å². The number of nitrogens with one attached hydrogen (secondary N) is 1. The molecule has 158 valence electrons. The molecule has 1 N–H and O–H groups in total. The van der Waals surface area contributed by atoms with E-state index in [1.54, 1.807) is 24.0 Å². The zero-order valence-corrected chi connectivity index (χ0v) is 18.7. The zero-order chi connectivity index (χ0) is 21.2. The van der Waals surface area contributed by atoms with Gasteiger partial charge in [-0.2, -0.15) is 0 Å². The molecule has 1 aromatic carbocycles. The van der Waals surface area contributed by atoms with E-state index in [-0.39, 0.29) is 5.91 Å². The second-order valence-corrected chi connectivity index (χ2v) is 9.36. The first-order valence-electron chi connectivity index (χ1n) is 10.1. The highest BCUT2D eigenvalue weighted by Crippen LogP contribution is 2.28. The molecule has 4 heterocycles. The van der Waals surface area contributed by atoms with Crippen molar-refractivity contribution in [2.45, 2.75) is 23.9 Å².